The molecule has 1 aromatic carbocycles. The summed E-state index contributed by atoms with van der Waals surface area (Å²) in [6.07, 6.45) is 7.39. The minimum Gasteiger partial charge on any atom is -0.361 e. The fourth-order valence-corrected chi connectivity index (χ4v) is 3.57. The number of aromatic nitrogens is 1. The molecule has 3 rings (SSSR count). The van der Waals surface area contributed by atoms with E-state index in [9.17, 15) is 4.79 Å². The summed E-state index contributed by atoms with van der Waals surface area (Å²) in [5.41, 5.74) is 2.18. The van der Waals surface area contributed by atoms with Crippen molar-refractivity contribution in [3.05, 3.63) is 36.0 Å². The smallest absolute Gasteiger partial charge is 0.224 e. The van der Waals surface area contributed by atoms with Crippen molar-refractivity contribution in [3.63, 3.8) is 0 Å². The van der Waals surface area contributed by atoms with Crippen molar-refractivity contribution in [1.29, 1.82) is 0 Å². The average molecular weight is 327 g/mol. The van der Waals surface area contributed by atoms with E-state index in [0.717, 1.165) is 23.0 Å². The molecule has 1 aromatic heterocycles. The average Bonchev–Trinajstić information content (AvgIpc) is 3.02. The van der Waals surface area contributed by atoms with Gasteiger partial charge in [-0.05, 0) is 56.4 Å². The molecule has 1 aliphatic heterocycles. The number of likely N-dealkylation sites (tertiary alicyclic amines) is 1. The number of carbonyl (C=O) groups excluding carboxylic acids is 1. The van der Waals surface area contributed by atoms with Crippen molar-refractivity contribution in [2.75, 3.05) is 26.2 Å². The maximum atomic E-state index is 12.3. The van der Waals surface area contributed by atoms with Gasteiger partial charge in [0.15, 0.2) is 0 Å². The highest BCUT2D eigenvalue weighted by Gasteiger charge is 2.19. The second-order valence-corrected chi connectivity index (χ2v) is 6.98. The summed E-state index contributed by atoms with van der Waals surface area (Å²) in [6.45, 7) is 6.67. The summed E-state index contributed by atoms with van der Waals surface area (Å²) in [5, 5.41) is 4.29. The maximum absolute atomic E-state index is 12.3. The number of hydrogen-bond donors (Lipinski definition) is 2. The number of nitrogens with zero attached hydrogens (tertiary/aromatic N) is 1. The molecule has 0 atom stereocenters. The van der Waals surface area contributed by atoms with Crippen LogP contribution in [-0.2, 0) is 11.2 Å². The first kappa shape index (κ1) is 17.0. The van der Waals surface area contributed by atoms with Crippen LogP contribution in [0.4, 0.5) is 0 Å². The van der Waals surface area contributed by atoms with E-state index in [4.69, 9.17) is 0 Å². The van der Waals surface area contributed by atoms with Gasteiger partial charge in [0.1, 0.15) is 0 Å². The number of fused-ring (bicyclic) bond motifs is 1. The Morgan fingerprint density at radius 2 is 2.08 bits per heavy atom. The fourth-order valence-electron chi connectivity index (χ4n) is 3.57. The molecule has 2 N–H and O–H groups in total. The minimum atomic E-state index is 0.133. The van der Waals surface area contributed by atoms with Crippen LogP contribution in [-0.4, -0.2) is 42.0 Å². The number of carbonyl (C=O) groups is 1. The van der Waals surface area contributed by atoms with Crippen molar-refractivity contribution < 1.29 is 4.79 Å². The molecular weight excluding hydrogens is 298 g/mol. The number of aromatic amines is 1. The number of rotatable bonds is 7. The van der Waals surface area contributed by atoms with Crippen LogP contribution in [0.5, 0.6) is 0 Å². The fraction of sp³-hybridized carbons (Fsp3) is 0.550. The van der Waals surface area contributed by atoms with Crippen molar-refractivity contribution in [1.82, 2.24) is 15.2 Å². The summed E-state index contributed by atoms with van der Waals surface area (Å²) in [6, 6.07) is 8.14. The van der Waals surface area contributed by atoms with Crippen LogP contribution < -0.4 is 5.32 Å². The van der Waals surface area contributed by atoms with E-state index in [1.54, 1.807) is 0 Å². The second-order valence-electron chi connectivity index (χ2n) is 6.98. The van der Waals surface area contributed by atoms with Crippen LogP contribution in [0, 0.1) is 5.92 Å². The largest absolute Gasteiger partial charge is 0.361 e. The van der Waals surface area contributed by atoms with Crippen molar-refractivity contribution >= 4 is 16.8 Å². The molecule has 130 valence electrons. The summed E-state index contributed by atoms with van der Waals surface area (Å²) in [4.78, 5) is 18.1. The molecule has 1 fully saturated rings. The molecule has 2 aromatic rings. The van der Waals surface area contributed by atoms with Gasteiger partial charge < -0.3 is 15.2 Å². The Kier molecular flexibility index (Phi) is 5.91. The summed E-state index contributed by atoms with van der Waals surface area (Å²) >= 11 is 0. The zero-order chi connectivity index (χ0) is 16.8. The van der Waals surface area contributed by atoms with Crippen LogP contribution in [0.25, 0.3) is 10.9 Å². The number of piperidine rings is 1. The molecule has 0 aliphatic carbocycles. The normalized spacial score (nSPS) is 16.5. The molecule has 0 unspecified atom stereocenters. The van der Waals surface area contributed by atoms with E-state index in [2.05, 4.69) is 28.2 Å². The van der Waals surface area contributed by atoms with Gasteiger partial charge in [0.05, 0.1) is 6.42 Å². The van der Waals surface area contributed by atoms with Crippen LogP contribution >= 0.6 is 0 Å². The topological polar surface area (TPSA) is 48.1 Å². The van der Waals surface area contributed by atoms with Gasteiger partial charge in [-0.25, -0.2) is 0 Å². The number of benzene rings is 1. The third-order valence-corrected chi connectivity index (χ3v) is 5.15. The number of nitrogens with one attached hydrogen (secondary N) is 2. The highest BCUT2D eigenvalue weighted by molar-refractivity contribution is 5.88. The van der Waals surface area contributed by atoms with Gasteiger partial charge in [0.2, 0.25) is 5.91 Å². The SMILES string of the molecule is CCCCN1CCC(CNC(=O)Cc2c[nH]c3ccccc23)CC1. The number of unbranched alkanes of at least 4 members (excludes halogenated alkanes) is 1. The third kappa shape index (κ3) is 4.38. The zero-order valence-electron chi connectivity index (χ0n) is 14.7. The van der Waals surface area contributed by atoms with E-state index in [0.29, 0.717) is 12.3 Å². The Balaban J connectivity index is 1.42. The van der Waals surface area contributed by atoms with Gasteiger partial charge in [-0.2, -0.15) is 0 Å². The quantitative estimate of drug-likeness (QED) is 0.819. The van der Waals surface area contributed by atoms with E-state index in [-0.39, 0.29) is 5.91 Å². The van der Waals surface area contributed by atoms with E-state index < -0.39 is 0 Å². The van der Waals surface area contributed by atoms with Crippen LogP contribution in [0.1, 0.15) is 38.2 Å². The lowest BCUT2D eigenvalue weighted by Gasteiger charge is -2.31. The zero-order valence-corrected chi connectivity index (χ0v) is 14.7. The number of amides is 1. The molecule has 0 radical (unpaired) electrons. The Morgan fingerprint density at radius 1 is 1.29 bits per heavy atom. The molecule has 4 heteroatoms. The van der Waals surface area contributed by atoms with E-state index in [1.807, 2.05) is 24.4 Å². The second kappa shape index (κ2) is 8.34. The van der Waals surface area contributed by atoms with E-state index >= 15 is 0 Å². The standard InChI is InChI=1S/C20H29N3O/c1-2-3-10-23-11-8-16(9-12-23)14-22-20(24)13-17-15-21-19-7-5-4-6-18(17)19/h4-7,15-16,21H,2-3,8-14H2,1H3,(H,22,24). The molecule has 0 bridgehead atoms. The van der Waals surface area contributed by atoms with Gasteiger partial charge in [-0.1, -0.05) is 31.5 Å². The lowest BCUT2D eigenvalue weighted by atomic mass is 9.96. The summed E-state index contributed by atoms with van der Waals surface area (Å²) in [5.74, 6) is 0.767. The van der Waals surface area contributed by atoms with Crippen molar-refractivity contribution in [2.24, 2.45) is 5.92 Å². The van der Waals surface area contributed by atoms with Crippen LogP contribution in [0.2, 0.25) is 0 Å². The number of para-hydroxylation sites is 1. The van der Waals surface area contributed by atoms with E-state index in [1.165, 1.54) is 45.3 Å². The lowest BCUT2D eigenvalue weighted by Crippen LogP contribution is -2.39. The van der Waals surface area contributed by atoms with Crippen LogP contribution in [0.3, 0.4) is 0 Å². The Labute approximate surface area is 144 Å². The lowest BCUT2D eigenvalue weighted by molar-refractivity contribution is -0.120. The highest BCUT2D eigenvalue weighted by atomic mass is 16.1. The molecule has 1 amide bonds. The monoisotopic (exact) mass is 327 g/mol. The Morgan fingerprint density at radius 3 is 2.88 bits per heavy atom. The molecule has 0 saturated carbocycles. The molecule has 1 aliphatic rings. The minimum absolute atomic E-state index is 0.133. The summed E-state index contributed by atoms with van der Waals surface area (Å²) in [7, 11) is 0. The van der Waals surface area contributed by atoms with Gasteiger partial charge >= 0.3 is 0 Å². The molecule has 1 saturated heterocycles. The van der Waals surface area contributed by atoms with Crippen LogP contribution in [0.15, 0.2) is 30.5 Å². The first-order valence-electron chi connectivity index (χ1n) is 9.30. The first-order valence-corrected chi connectivity index (χ1v) is 9.30. The first-order chi connectivity index (χ1) is 11.8. The van der Waals surface area contributed by atoms with Gasteiger partial charge in [-0.15, -0.1) is 0 Å². The highest BCUT2D eigenvalue weighted by Crippen LogP contribution is 2.19. The number of hydrogen-bond acceptors (Lipinski definition) is 2. The van der Waals surface area contributed by atoms with Gasteiger partial charge in [0.25, 0.3) is 0 Å². The van der Waals surface area contributed by atoms with Gasteiger partial charge in [0, 0.05) is 23.6 Å². The third-order valence-electron chi connectivity index (χ3n) is 5.15. The number of H-pyrrole nitrogens is 1. The Hall–Kier alpha value is -1.81. The summed E-state index contributed by atoms with van der Waals surface area (Å²) < 4.78 is 0. The predicted octanol–water partition coefficient (Wildman–Crippen LogP) is 3.34. The van der Waals surface area contributed by atoms with Crippen molar-refractivity contribution in [2.45, 2.75) is 39.0 Å². The molecule has 2 heterocycles. The molecular formula is C20H29N3O. The van der Waals surface area contributed by atoms with Crippen molar-refractivity contribution in [3.8, 4) is 0 Å². The predicted molar refractivity (Wildman–Crippen MR) is 99.1 cm³/mol. The Bertz CT molecular complexity index is 656. The molecule has 24 heavy (non-hydrogen) atoms. The molecule has 4 nitrogen and oxygen atoms in total. The van der Waals surface area contributed by atoms with Gasteiger partial charge in [-0.3, -0.25) is 4.79 Å². The molecule has 0 spiro atoms. The maximum Gasteiger partial charge on any atom is 0.224 e.